The molecule has 1 aromatic carbocycles. The molecule has 0 amide bonds. The van der Waals surface area contributed by atoms with Crippen molar-refractivity contribution >= 4 is 0 Å². The maximum atomic E-state index is 12.8. The molecule has 0 bridgehead atoms. The standard InChI is InChI=1S/C13H14FN3/c1-9-8-12(17-13(16-9)6-7-15)10-2-4-11(14)5-3-10/h2-5,8H,6-7,15H2,1H3. The molecule has 17 heavy (non-hydrogen) atoms. The van der Waals surface area contributed by atoms with Crippen molar-refractivity contribution < 1.29 is 4.39 Å². The number of rotatable bonds is 3. The summed E-state index contributed by atoms with van der Waals surface area (Å²) in [5.74, 6) is 0.480. The van der Waals surface area contributed by atoms with Gasteiger partial charge in [-0.2, -0.15) is 0 Å². The van der Waals surface area contributed by atoms with Gasteiger partial charge in [0.25, 0.3) is 0 Å². The highest BCUT2D eigenvalue weighted by molar-refractivity contribution is 5.59. The minimum absolute atomic E-state index is 0.248. The minimum atomic E-state index is -0.248. The largest absolute Gasteiger partial charge is 0.330 e. The average Bonchev–Trinajstić information content (AvgIpc) is 2.29. The molecular weight excluding hydrogens is 217 g/mol. The molecule has 0 aliphatic carbocycles. The third kappa shape index (κ3) is 2.85. The third-order valence-corrected chi connectivity index (χ3v) is 2.41. The molecule has 0 unspecified atom stereocenters. The molecule has 0 aliphatic rings. The minimum Gasteiger partial charge on any atom is -0.330 e. The number of nitrogens with zero attached hydrogens (tertiary/aromatic N) is 2. The van der Waals surface area contributed by atoms with Gasteiger partial charge in [0, 0.05) is 17.7 Å². The van der Waals surface area contributed by atoms with Crippen LogP contribution in [-0.4, -0.2) is 16.5 Å². The van der Waals surface area contributed by atoms with Crippen molar-refractivity contribution in [2.75, 3.05) is 6.54 Å². The molecule has 0 aliphatic heterocycles. The Bertz CT molecular complexity index is 509. The van der Waals surface area contributed by atoms with Crippen LogP contribution in [0.1, 0.15) is 11.5 Å². The number of benzene rings is 1. The average molecular weight is 231 g/mol. The van der Waals surface area contributed by atoms with Gasteiger partial charge in [-0.05, 0) is 43.8 Å². The lowest BCUT2D eigenvalue weighted by Gasteiger charge is -2.05. The van der Waals surface area contributed by atoms with Crippen LogP contribution in [-0.2, 0) is 6.42 Å². The summed E-state index contributed by atoms with van der Waals surface area (Å²) >= 11 is 0. The third-order valence-electron chi connectivity index (χ3n) is 2.41. The van der Waals surface area contributed by atoms with Gasteiger partial charge in [-0.25, -0.2) is 14.4 Å². The molecule has 2 aromatic rings. The topological polar surface area (TPSA) is 51.8 Å². The summed E-state index contributed by atoms with van der Waals surface area (Å²) in [5.41, 5.74) is 8.07. The summed E-state index contributed by atoms with van der Waals surface area (Å²) in [4.78, 5) is 8.71. The van der Waals surface area contributed by atoms with Crippen LogP contribution >= 0.6 is 0 Å². The highest BCUT2D eigenvalue weighted by atomic mass is 19.1. The lowest BCUT2D eigenvalue weighted by Crippen LogP contribution is -2.07. The van der Waals surface area contributed by atoms with Gasteiger partial charge < -0.3 is 5.73 Å². The van der Waals surface area contributed by atoms with Crippen LogP contribution in [0.4, 0.5) is 4.39 Å². The molecule has 4 heteroatoms. The van der Waals surface area contributed by atoms with Gasteiger partial charge in [0.05, 0.1) is 5.69 Å². The maximum Gasteiger partial charge on any atom is 0.130 e. The molecule has 0 spiro atoms. The van der Waals surface area contributed by atoms with E-state index in [2.05, 4.69) is 9.97 Å². The zero-order valence-electron chi connectivity index (χ0n) is 9.65. The van der Waals surface area contributed by atoms with E-state index in [0.29, 0.717) is 13.0 Å². The molecule has 1 aromatic heterocycles. The van der Waals surface area contributed by atoms with E-state index in [0.717, 1.165) is 22.8 Å². The maximum absolute atomic E-state index is 12.8. The zero-order chi connectivity index (χ0) is 12.3. The Labute approximate surface area is 99.5 Å². The number of halogens is 1. The van der Waals surface area contributed by atoms with Crippen LogP contribution in [0.3, 0.4) is 0 Å². The van der Waals surface area contributed by atoms with Crippen molar-refractivity contribution in [1.29, 1.82) is 0 Å². The monoisotopic (exact) mass is 231 g/mol. The highest BCUT2D eigenvalue weighted by Crippen LogP contribution is 2.18. The van der Waals surface area contributed by atoms with Crippen molar-refractivity contribution in [2.24, 2.45) is 5.73 Å². The molecule has 0 radical (unpaired) electrons. The predicted molar refractivity (Wildman–Crippen MR) is 64.9 cm³/mol. The fourth-order valence-corrected chi connectivity index (χ4v) is 1.64. The number of hydrogen-bond acceptors (Lipinski definition) is 3. The first-order valence-electron chi connectivity index (χ1n) is 5.49. The van der Waals surface area contributed by atoms with E-state index in [-0.39, 0.29) is 5.82 Å². The summed E-state index contributed by atoms with van der Waals surface area (Å²) in [6.45, 7) is 2.43. The quantitative estimate of drug-likeness (QED) is 0.880. The molecule has 2 N–H and O–H groups in total. The first-order valence-corrected chi connectivity index (χ1v) is 5.49. The van der Waals surface area contributed by atoms with Crippen LogP contribution in [0, 0.1) is 12.7 Å². The van der Waals surface area contributed by atoms with Crippen molar-refractivity contribution in [3.05, 3.63) is 47.7 Å². The van der Waals surface area contributed by atoms with Crippen molar-refractivity contribution in [3.8, 4) is 11.3 Å². The van der Waals surface area contributed by atoms with Gasteiger partial charge >= 0.3 is 0 Å². The summed E-state index contributed by atoms with van der Waals surface area (Å²) in [6.07, 6.45) is 0.649. The lowest BCUT2D eigenvalue weighted by molar-refractivity contribution is 0.628. The Balaban J connectivity index is 2.40. The molecule has 88 valence electrons. The van der Waals surface area contributed by atoms with Crippen LogP contribution in [0.2, 0.25) is 0 Å². The summed E-state index contributed by atoms with van der Waals surface area (Å²) in [5, 5.41) is 0. The second kappa shape index (κ2) is 5.01. The Hall–Kier alpha value is -1.81. The molecular formula is C13H14FN3. The first kappa shape index (κ1) is 11.7. The molecule has 3 nitrogen and oxygen atoms in total. The highest BCUT2D eigenvalue weighted by Gasteiger charge is 2.04. The lowest BCUT2D eigenvalue weighted by atomic mass is 10.1. The molecule has 1 heterocycles. The fraction of sp³-hybridized carbons (Fsp3) is 0.231. The molecule has 0 saturated heterocycles. The van der Waals surface area contributed by atoms with E-state index >= 15 is 0 Å². The number of aryl methyl sites for hydroxylation is 1. The molecule has 2 rings (SSSR count). The number of aromatic nitrogens is 2. The Morgan fingerprint density at radius 2 is 1.88 bits per heavy atom. The summed E-state index contributed by atoms with van der Waals surface area (Å²) in [7, 11) is 0. The van der Waals surface area contributed by atoms with Crippen LogP contribution < -0.4 is 5.73 Å². The van der Waals surface area contributed by atoms with E-state index in [9.17, 15) is 4.39 Å². The first-order chi connectivity index (χ1) is 8.19. The van der Waals surface area contributed by atoms with Gasteiger partial charge in [0.1, 0.15) is 11.6 Å². The number of hydrogen-bond donors (Lipinski definition) is 1. The van der Waals surface area contributed by atoms with Gasteiger partial charge in [-0.1, -0.05) is 0 Å². The van der Waals surface area contributed by atoms with E-state index in [1.54, 1.807) is 12.1 Å². The predicted octanol–water partition coefficient (Wildman–Crippen LogP) is 2.09. The van der Waals surface area contributed by atoms with E-state index in [1.807, 2.05) is 13.0 Å². The van der Waals surface area contributed by atoms with Gasteiger partial charge in [-0.3, -0.25) is 0 Å². The summed E-state index contributed by atoms with van der Waals surface area (Å²) in [6, 6.07) is 8.16. The second-order valence-electron chi connectivity index (χ2n) is 3.86. The van der Waals surface area contributed by atoms with Crippen molar-refractivity contribution in [2.45, 2.75) is 13.3 Å². The zero-order valence-corrected chi connectivity index (χ0v) is 9.65. The Morgan fingerprint density at radius 3 is 2.53 bits per heavy atom. The molecule has 0 saturated carbocycles. The second-order valence-corrected chi connectivity index (χ2v) is 3.86. The van der Waals surface area contributed by atoms with E-state index in [4.69, 9.17) is 5.73 Å². The Kier molecular flexibility index (Phi) is 3.44. The van der Waals surface area contributed by atoms with Gasteiger partial charge in [0.2, 0.25) is 0 Å². The summed E-state index contributed by atoms with van der Waals surface area (Å²) < 4.78 is 12.8. The molecule has 0 atom stereocenters. The molecule has 0 fully saturated rings. The van der Waals surface area contributed by atoms with Gasteiger partial charge in [0.15, 0.2) is 0 Å². The van der Waals surface area contributed by atoms with Crippen molar-refractivity contribution in [1.82, 2.24) is 9.97 Å². The number of nitrogens with two attached hydrogens (primary N) is 1. The normalized spacial score (nSPS) is 10.5. The van der Waals surface area contributed by atoms with Gasteiger partial charge in [-0.15, -0.1) is 0 Å². The smallest absolute Gasteiger partial charge is 0.130 e. The SMILES string of the molecule is Cc1cc(-c2ccc(F)cc2)nc(CCN)n1. The fourth-order valence-electron chi connectivity index (χ4n) is 1.64. The van der Waals surface area contributed by atoms with Crippen molar-refractivity contribution in [3.63, 3.8) is 0 Å². The Morgan fingerprint density at radius 1 is 1.18 bits per heavy atom. The van der Waals surface area contributed by atoms with Crippen LogP contribution in [0.15, 0.2) is 30.3 Å². The van der Waals surface area contributed by atoms with E-state index < -0.39 is 0 Å². The van der Waals surface area contributed by atoms with E-state index in [1.165, 1.54) is 12.1 Å². The van der Waals surface area contributed by atoms with Crippen LogP contribution in [0.5, 0.6) is 0 Å². The van der Waals surface area contributed by atoms with Crippen LogP contribution in [0.25, 0.3) is 11.3 Å².